The zero-order valence-corrected chi connectivity index (χ0v) is 15.6. The number of hydrogen-bond donors (Lipinski definition) is 1. The molecule has 2 aliphatic carbocycles. The van der Waals surface area contributed by atoms with Crippen molar-refractivity contribution in [1.82, 2.24) is 9.97 Å². The van der Waals surface area contributed by atoms with Gasteiger partial charge in [-0.15, -0.1) is 0 Å². The van der Waals surface area contributed by atoms with Gasteiger partial charge in [0.1, 0.15) is 11.4 Å². The highest BCUT2D eigenvalue weighted by Crippen LogP contribution is 2.52. The zero-order chi connectivity index (χ0) is 18.1. The topological polar surface area (TPSA) is 82.6 Å². The van der Waals surface area contributed by atoms with E-state index >= 15 is 0 Å². The molecule has 4 rings (SSSR count). The summed E-state index contributed by atoms with van der Waals surface area (Å²) in [7, 11) is 0. The molecular formula is C18H24ClN3O4. The summed E-state index contributed by atoms with van der Waals surface area (Å²) < 4.78 is 17.0. The van der Waals surface area contributed by atoms with Gasteiger partial charge in [-0.3, -0.25) is 0 Å². The predicted molar refractivity (Wildman–Crippen MR) is 95.1 cm³/mol. The van der Waals surface area contributed by atoms with Gasteiger partial charge in [0, 0.05) is 25.1 Å². The molecular weight excluding hydrogens is 358 g/mol. The third-order valence-corrected chi connectivity index (χ3v) is 5.78. The summed E-state index contributed by atoms with van der Waals surface area (Å²) in [5.74, 6) is 0.788. The van der Waals surface area contributed by atoms with Crippen LogP contribution in [-0.2, 0) is 14.2 Å². The van der Waals surface area contributed by atoms with Gasteiger partial charge in [0.15, 0.2) is 5.79 Å². The molecule has 3 atom stereocenters. The van der Waals surface area contributed by atoms with Crippen LogP contribution in [0.3, 0.4) is 0 Å². The second kappa shape index (κ2) is 7.29. The van der Waals surface area contributed by atoms with Gasteiger partial charge in [0.05, 0.1) is 19.8 Å². The Kier molecular flexibility index (Phi) is 5.03. The Labute approximate surface area is 157 Å². The van der Waals surface area contributed by atoms with E-state index in [9.17, 15) is 4.79 Å². The highest BCUT2D eigenvalue weighted by molar-refractivity contribution is 6.28. The van der Waals surface area contributed by atoms with E-state index in [2.05, 4.69) is 15.3 Å². The third-order valence-electron chi connectivity index (χ3n) is 5.60. The van der Waals surface area contributed by atoms with Crippen LogP contribution in [0.4, 0.5) is 5.82 Å². The fourth-order valence-electron chi connectivity index (χ4n) is 4.59. The number of fused-ring (bicyclic) bond motifs is 1. The number of hydrogen-bond acceptors (Lipinski definition) is 7. The van der Waals surface area contributed by atoms with Crippen LogP contribution in [0.25, 0.3) is 0 Å². The molecule has 1 unspecified atom stereocenters. The van der Waals surface area contributed by atoms with Crippen molar-refractivity contribution < 1.29 is 19.0 Å². The Hall–Kier alpha value is -1.44. The molecule has 1 N–H and O–H groups in total. The molecule has 0 bridgehead atoms. The number of anilines is 1. The Balaban J connectivity index is 1.42. The molecule has 0 aromatic carbocycles. The van der Waals surface area contributed by atoms with Crippen molar-refractivity contribution in [3.63, 3.8) is 0 Å². The Morgan fingerprint density at radius 1 is 1.35 bits per heavy atom. The van der Waals surface area contributed by atoms with Gasteiger partial charge in [-0.05, 0) is 49.6 Å². The summed E-state index contributed by atoms with van der Waals surface area (Å²) >= 11 is 5.93. The maximum Gasteiger partial charge on any atom is 0.343 e. The first-order valence-electron chi connectivity index (χ1n) is 9.32. The maximum absolute atomic E-state index is 12.1. The summed E-state index contributed by atoms with van der Waals surface area (Å²) in [6.45, 7) is 3.66. The van der Waals surface area contributed by atoms with Gasteiger partial charge >= 0.3 is 5.97 Å². The standard InChI is InChI=1S/C18H24ClN3O4/c1-2-24-16(23)14-10-20-17(19)22-15(14)21-13-6-11-8-18(9-12(11)7-13)25-4-3-5-26-18/h10-13H,2-9H2,1H3,(H,20,21,22)/t11-,12+,13?. The highest BCUT2D eigenvalue weighted by Gasteiger charge is 2.52. The fraction of sp³-hybridized carbons (Fsp3) is 0.722. The number of nitrogens with one attached hydrogen (secondary N) is 1. The predicted octanol–water partition coefficient (Wildman–Crippen LogP) is 3.04. The van der Waals surface area contributed by atoms with Crippen LogP contribution in [0.15, 0.2) is 6.20 Å². The number of nitrogens with zero attached hydrogens (tertiary/aromatic N) is 2. The van der Waals surface area contributed by atoms with Crippen LogP contribution in [0, 0.1) is 11.8 Å². The molecule has 1 saturated heterocycles. The molecule has 3 aliphatic rings. The number of esters is 1. The molecule has 0 radical (unpaired) electrons. The van der Waals surface area contributed by atoms with Gasteiger partial charge in [-0.2, -0.15) is 4.98 Å². The second-order valence-corrected chi connectivity index (χ2v) is 7.66. The Morgan fingerprint density at radius 2 is 2.04 bits per heavy atom. The van der Waals surface area contributed by atoms with Crippen LogP contribution in [0.2, 0.25) is 5.28 Å². The van der Waals surface area contributed by atoms with Crippen molar-refractivity contribution in [2.45, 2.75) is 50.9 Å². The first-order valence-corrected chi connectivity index (χ1v) is 9.70. The van der Waals surface area contributed by atoms with Crippen molar-refractivity contribution >= 4 is 23.4 Å². The van der Waals surface area contributed by atoms with Crippen molar-refractivity contribution in [3.8, 4) is 0 Å². The van der Waals surface area contributed by atoms with Crippen LogP contribution < -0.4 is 5.32 Å². The molecule has 26 heavy (non-hydrogen) atoms. The molecule has 1 spiro atoms. The van der Waals surface area contributed by atoms with Crippen molar-refractivity contribution in [3.05, 3.63) is 17.0 Å². The first-order chi connectivity index (χ1) is 12.6. The van der Waals surface area contributed by atoms with Gasteiger partial charge < -0.3 is 19.5 Å². The van der Waals surface area contributed by atoms with Crippen molar-refractivity contribution in [2.75, 3.05) is 25.1 Å². The molecule has 0 amide bonds. The molecule has 1 aromatic heterocycles. The van der Waals surface area contributed by atoms with E-state index < -0.39 is 5.97 Å². The fourth-order valence-corrected chi connectivity index (χ4v) is 4.72. The molecule has 3 fully saturated rings. The summed E-state index contributed by atoms with van der Waals surface area (Å²) in [6, 6.07) is 0.241. The lowest BCUT2D eigenvalue weighted by molar-refractivity contribution is -0.265. The van der Waals surface area contributed by atoms with Gasteiger partial charge in [-0.25, -0.2) is 9.78 Å². The van der Waals surface area contributed by atoms with E-state index in [4.69, 9.17) is 25.8 Å². The van der Waals surface area contributed by atoms with Crippen LogP contribution in [-0.4, -0.2) is 47.6 Å². The number of ether oxygens (including phenoxy) is 3. The molecule has 1 aromatic rings. The van der Waals surface area contributed by atoms with E-state index in [1.54, 1.807) is 6.92 Å². The first kappa shape index (κ1) is 17.9. The molecule has 7 nitrogen and oxygen atoms in total. The Morgan fingerprint density at radius 3 is 2.69 bits per heavy atom. The van der Waals surface area contributed by atoms with Crippen LogP contribution in [0.1, 0.15) is 49.4 Å². The largest absolute Gasteiger partial charge is 0.462 e. The van der Waals surface area contributed by atoms with Gasteiger partial charge in [0.2, 0.25) is 5.28 Å². The summed E-state index contributed by atoms with van der Waals surface area (Å²) in [4.78, 5) is 20.3. The SMILES string of the molecule is CCOC(=O)c1cnc(Cl)nc1NC1C[C@@H]2CC3(C[C@@H]2C1)OCCCO3. The lowest BCUT2D eigenvalue weighted by atomic mass is 10.0. The lowest BCUT2D eigenvalue weighted by Gasteiger charge is -2.35. The van der Waals surface area contributed by atoms with Gasteiger partial charge in [0.25, 0.3) is 0 Å². The second-order valence-electron chi connectivity index (χ2n) is 7.32. The average molecular weight is 382 g/mol. The minimum absolute atomic E-state index is 0.113. The minimum Gasteiger partial charge on any atom is -0.462 e. The number of carbonyl (C=O) groups is 1. The minimum atomic E-state index is -0.437. The number of aromatic nitrogens is 2. The van der Waals surface area contributed by atoms with Crippen LogP contribution in [0.5, 0.6) is 0 Å². The average Bonchev–Trinajstić information content (AvgIpc) is 3.10. The normalized spacial score (nSPS) is 29.5. The molecule has 8 heteroatoms. The van der Waals surface area contributed by atoms with E-state index in [1.165, 1.54) is 6.20 Å². The molecule has 2 heterocycles. The Bertz CT molecular complexity index is 664. The van der Waals surface area contributed by atoms with Crippen molar-refractivity contribution in [1.29, 1.82) is 0 Å². The van der Waals surface area contributed by atoms with Crippen LogP contribution >= 0.6 is 11.6 Å². The number of rotatable bonds is 4. The van der Waals surface area contributed by atoms with E-state index in [-0.39, 0.29) is 17.1 Å². The smallest absolute Gasteiger partial charge is 0.343 e. The third kappa shape index (κ3) is 3.52. The molecule has 1 aliphatic heterocycles. The quantitative estimate of drug-likeness (QED) is 0.634. The zero-order valence-electron chi connectivity index (χ0n) is 14.9. The van der Waals surface area contributed by atoms with E-state index in [0.29, 0.717) is 29.8 Å². The molecule has 2 saturated carbocycles. The van der Waals surface area contributed by atoms with Crippen molar-refractivity contribution in [2.24, 2.45) is 11.8 Å². The number of carbonyl (C=O) groups excluding carboxylic acids is 1. The summed E-state index contributed by atoms with van der Waals surface area (Å²) in [6.07, 6.45) is 6.30. The summed E-state index contributed by atoms with van der Waals surface area (Å²) in [5, 5.41) is 3.50. The monoisotopic (exact) mass is 381 g/mol. The molecule has 142 valence electrons. The lowest BCUT2D eigenvalue weighted by Crippen LogP contribution is -2.39. The summed E-state index contributed by atoms with van der Waals surface area (Å²) in [5.41, 5.74) is 0.323. The highest BCUT2D eigenvalue weighted by atomic mass is 35.5. The van der Waals surface area contributed by atoms with E-state index in [0.717, 1.165) is 45.3 Å². The maximum atomic E-state index is 12.1. The number of halogens is 1. The van der Waals surface area contributed by atoms with E-state index in [1.807, 2.05) is 0 Å². The van der Waals surface area contributed by atoms with Gasteiger partial charge in [-0.1, -0.05) is 0 Å².